The summed E-state index contributed by atoms with van der Waals surface area (Å²) in [6.07, 6.45) is 1.55. The fourth-order valence-electron chi connectivity index (χ4n) is 4.37. The first kappa shape index (κ1) is 22.0. The van der Waals surface area contributed by atoms with Crippen LogP contribution in [0.25, 0.3) is 0 Å². The quantitative estimate of drug-likeness (QED) is 0.488. The van der Waals surface area contributed by atoms with E-state index >= 15 is 0 Å². The molecule has 1 heterocycles. The predicted octanol–water partition coefficient (Wildman–Crippen LogP) is 5.81. The minimum absolute atomic E-state index is 0.0561. The number of rotatable bonds is 5. The third kappa shape index (κ3) is 4.83. The largest absolute Gasteiger partial charge is 0.352 e. The van der Waals surface area contributed by atoms with Gasteiger partial charge < -0.3 is 15.5 Å². The van der Waals surface area contributed by atoms with Gasteiger partial charge in [-0.15, -0.1) is 0 Å². The fraction of sp³-hybridized carbons (Fsp3) is 0.259. The van der Waals surface area contributed by atoms with Crippen LogP contribution in [-0.2, 0) is 4.79 Å². The van der Waals surface area contributed by atoms with E-state index in [0.29, 0.717) is 11.5 Å². The smallest absolute Gasteiger partial charge is 0.227 e. The van der Waals surface area contributed by atoms with Gasteiger partial charge in [-0.05, 0) is 79.9 Å². The van der Waals surface area contributed by atoms with Crippen molar-refractivity contribution in [1.29, 1.82) is 0 Å². The Balaban J connectivity index is 1.54. The SMILES string of the molecule is Cc1ccc(C(NC(=S)Nc2ccc(N3CCCC3=O)c(C)c2)c2ccccc2)c(C)c1. The predicted molar refractivity (Wildman–Crippen MR) is 136 cm³/mol. The van der Waals surface area contributed by atoms with Crippen LogP contribution in [0.3, 0.4) is 0 Å². The normalized spacial score (nSPS) is 14.3. The van der Waals surface area contributed by atoms with E-state index in [0.717, 1.165) is 35.5 Å². The molecule has 0 spiro atoms. The minimum Gasteiger partial charge on any atom is -0.352 e. The topological polar surface area (TPSA) is 44.4 Å². The summed E-state index contributed by atoms with van der Waals surface area (Å²) in [5, 5.41) is 7.40. The molecule has 1 atom stereocenters. The van der Waals surface area contributed by atoms with Crippen molar-refractivity contribution in [2.45, 2.75) is 39.7 Å². The molecule has 5 heteroatoms. The molecule has 0 radical (unpaired) electrons. The molecule has 3 aromatic carbocycles. The second kappa shape index (κ2) is 9.53. The Hall–Kier alpha value is -3.18. The van der Waals surface area contributed by atoms with Crippen LogP contribution in [0.15, 0.2) is 66.7 Å². The van der Waals surface area contributed by atoms with E-state index in [9.17, 15) is 4.79 Å². The van der Waals surface area contributed by atoms with Crippen LogP contribution < -0.4 is 15.5 Å². The molecular weight excluding hydrogens is 414 g/mol. The molecule has 0 saturated carbocycles. The summed E-state index contributed by atoms with van der Waals surface area (Å²) >= 11 is 5.70. The molecule has 1 saturated heterocycles. The first-order chi connectivity index (χ1) is 15.4. The van der Waals surface area contributed by atoms with E-state index in [1.165, 1.54) is 16.7 Å². The maximum Gasteiger partial charge on any atom is 0.227 e. The van der Waals surface area contributed by atoms with E-state index in [4.69, 9.17) is 12.2 Å². The number of thiocarbonyl (C=S) groups is 1. The number of carbonyl (C=O) groups is 1. The van der Waals surface area contributed by atoms with Crippen LogP contribution in [0.5, 0.6) is 0 Å². The Morgan fingerprint density at radius 1 is 0.969 bits per heavy atom. The molecule has 0 aromatic heterocycles. The molecule has 3 aromatic rings. The number of amides is 1. The monoisotopic (exact) mass is 443 g/mol. The highest BCUT2D eigenvalue weighted by molar-refractivity contribution is 7.80. The lowest BCUT2D eigenvalue weighted by molar-refractivity contribution is -0.117. The zero-order chi connectivity index (χ0) is 22.7. The van der Waals surface area contributed by atoms with Crippen molar-refractivity contribution in [3.8, 4) is 0 Å². The maximum atomic E-state index is 12.1. The molecule has 32 heavy (non-hydrogen) atoms. The summed E-state index contributed by atoms with van der Waals surface area (Å²) in [6, 6.07) is 22.8. The number of benzene rings is 3. The Labute approximate surface area is 195 Å². The Morgan fingerprint density at radius 3 is 2.41 bits per heavy atom. The summed E-state index contributed by atoms with van der Waals surface area (Å²) in [4.78, 5) is 14.0. The van der Waals surface area contributed by atoms with Gasteiger partial charge in [0.25, 0.3) is 0 Å². The van der Waals surface area contributed by atoms with Crippen LogP contribution in [0, 0.1) is 20.8 Å². The van der Waals surface area contributed by atoms with Gasteiger partial charge in [0, 0.05) is 24.3 Å². The van der Waals surface area contributed by atoms with Crippen molar-refractivity contribution in [2.24, 2.45) is 0 Å². The van der Waals surface area contributed by atoms with Crippen LogP contribution in [0.1, 0.15) is 46.7 Å². The highest BCUT2D eigenvalue weighted by Crippen LogP contribution is 2.28. The van der Waals surface area contributed by atoms with Gasteiger partial charge >= 0.3 is 0 Å². The summed E-state index contributed by atoms with van der Waals surface area (Å²) < 4.78 is 0. The Morgan fingerprint density at radius 2 is 1.75 bits per heavy atom. The standard InChI is InChI=1S/C27H29N3OS/c1-18-11-13-23(19(2)16-18)26(21-8-5-4-6-9-21)29-27(32)28-22-12-14-24(20(3)17-22)30-15-7-10-25(30)31/h4-6,8-9,11-14,16-17,26H,7,10,15H2,1-3H3,(H2,28,29,32). The molecule has 1 unspecified atom stereocenters. The number of hydrogen-bond acceptors (Lipinski definition) is 2. The minimum atomic E-state index is -0.0561. The summed E-state index contributed by atoms with van der Waals surface area (Å²) in [5.41, 5.74) is 7.77. The molecule has 2 N–H and O–H groups in total. The first-order valence-corrected chi connectivity index (χ1v) is 11.4. The van der Waals surface area contributed by atoms with Crippen LogP contribution in [-0.4, -0.2) is 17.6 Å². The van der Waals surface area contributed by atoms with E-state index in [1.807, 2.05) is 48.2 Å². The fourth-order valence-corrected chi connectivity index (χ4v) is 4.61. The van der Waals surface area contributed by atoms with Crippen LogP contribution in [0.2, 0.25) is 0 Å². The van der Waals surface area contributed by atoms with Gasteiger partial charge in [0.05, 0.1) is 6.04 Å². The van der Waals surface area contributed by atoms with Crippen molar-refractivity contribution in [3.05, 3.63) is 94.5 Å². The van der Waals surface area contributed by atoms with Gasteiger partial charge in [-0.2, -0.15) is 0 Å². The van der Waals surface area contributed by atoms with Crippen molar-refractivity contribution in [2.75, 3.05) is 16.8 Å². The molecule has 4 nitrogen and oxygen atoms in total. The highest BCUT2D eigenvalue weighted by atomic mass is 32.1. The molecule has 164 valence electrons. The van der Waals surface area contributed by atoms with Crippen molar-refractivity contribution < 1.29 is 4.79 Å². The van der Waals surface area contributed by atoms with Gasteiger partial charge in [-0.3, -0.25) is 4.79 Å². The summed E-state index contributed by atoms with van der Waals surface area (Å²) in [5.74, 6) is 0.199. The third-order valence-electron chi connectivity index (χ3n) is 5.96. The third-order valence-corrected chi connectivity index (χ3v) is 6.18. The number of hydrogen-bond donors (Lipinski definition) is 2. The van der Waals surface area contributed by atoms with Gasteiger partial charge in [0.2, 0.25) is 5.91 Å². The Bertz CT molecular complexity index is 1140. The number of anilines is 2. The van der Waals surface area contributed by atoms with Crippen molar-refractivity contribution >= 4 is 34.6 Å². The van der Waals surface area contributed by atoms with E-state index in [-0.39, 0.29) is 11.9 Å². The van der Waals surface area contributed by atoms with E-state index < -0.39 is 0 Å². The molecule has 1 fully saturated rings. The number of nitrogens with zero attached hydrogens (tertiary/aromatic N) is 1. The van der Waals surface area contributed by atoms with E-state index in [2.05, 4.69) is 54.8 Å². The maximum absolute atomic E-state index is 12.1. The molecular formula is C27H29N3OS. The van der Waals surface area contributed by atoms with Crippen molar-refractivity contribution in [3.63, 3.8) is 0 Å². The molecule has 1 amide bonds. The average Bonchev–Trinajstić information content (AvgIpc) is 3.19. The first-order valence-electron chi connectivity index (χ1n) is 11.0. The van der Waals surface area contributed by atoms with Gasteiger partial charge in [-0.1, -0.05) is 54.1 Å². The van der Waals surface area contributed by atoms with Gasteiger partial charge in [0.15, 0.2) is 5.11 Å². The average molecular weight is 444 g/mol. The van der Waals surface area contributed by atoms with Crippen molar-refractivity contribution in [1.82, 2.24) is 5.32 Å². The number of nitrogens with one attached hydrogen (secondary N) is 2. The van der Waals surface area contributed by atoms with Crippen LogP contribution >= 0.6 is 12.2 Å². The lowest BCUT2D eigenvalue weighted by Gasteiger charge is -2.24. The van der Waals surface area contributed by atoms with E-state index in [1.54, 1.807) is 0 Å². The van der Waals surface area contributed by atoms with Gasteiger partial charge in [0.1, 0.15) is 0 Å². The zero-order valence-corrected chi connectivity index (χ0v) is 19.6. The lowest BCUT2D eigenvalue weighted by Crippen LogP contribution is -2.33. The molecule has 1 aliphatic heterocycles. The highest BCUT2D eigenvalue weighted by Gasteiger charge is 2.23. The van der Waals surface area contributed by atoms with Crippen LogP contribution in [0.4, 0.5) is 11.4 Å². The van der Waals surface area contributed by atoms with Gasteiger partial charge in [-0.25, -0.2) is 0 Å². The molecule has 1 aliphatic rings. The second-order valence-corrected chi connectivity index (χ2v) is 8.86. The molecule has 0 aliphatic carbocycles. The summed E-state index contributed by atoms with van der Waals surface area (Å²) in [7, 11) is 0. The zero-order valence-electron chi connectivity index (χ0n) is 18.8. The number of aryl methyl sites for hydroxylation is 3. The lowest BCUT2D eigenvalue weighted by atomic mass is 9.94. The summed E-state index contributed by atoms with van der Waals surface area (Å²) in [6.45, 7) is 7.07. The Kier molecular flexibility index (Phi) is 6.56. The molecule has 4 rings (SSSR count). The molecule has 0 bridgehead atoms. The number of carbonyl (C=O) groups excluding carboxylic acids is 1. The second-order valence-electron chi connectivity index (χ2n) is 8.45.